The van der Waals surface area contributed by atoms with Crippen LogP contribution in [0.2, 0.25) is 0 Å². The Morgan fingerprint density at radius 2 is 2.12 bits per heavy atom. The second kappa shape index (κ2) is 7.83. The molecule has 2 aliphatic rings. The van der Waals surface area contributed by atoms with E-state index in [0.29, 0.717) is 19.8 Å². The first-order chi connectivity index (χ1) is 12.0. The lowest BCUT2D eigenvalue weighted by atomic mass is 9.94. The number of hydrogen-bond donors (Lipinski definition) is 1. The van der Waals surface area contributed by atoms with E-state index in [1.165, 1.54) is 32.1 Å². The normalized spacial score (nSPS) is 24.3. The van der Waals surface area contributed by atoms with E-state index >= 15 is 0 Å². The molecule has 0 radical (unpaired) electrons. The van der Waals surface area contributed by atoms with E-state index in [9.17, 15) is 4.79 Å². The highest BCUT2D eigenvalue weighted by atomic mass is 16.5. The van der Waals surface area contributed by atoms with Gasteiger partial charge in [-0.15, -0.1) is 10.2 Å². The number of carbonyl (C=O) groups excluding carboxylic acids is 1. The molecule has 1 aromatic heterocycles. The lowest BCUT2D eigenvalue weighted by Gasteiger charge is -2.35. The fourth-order valence-electron chi connectivity index (χ4n) is 4.14. The first kappa shape index (κ1) is 18.3. The van der Waals surface area contributed by atoms with E-state index in [4.69, 9.17) is 4.74 Å². The average Bonchev–Trinajstić information content (AvgIpc) is 3.01. The molecule has 0 spiro atoms. The van der Waals surface area contributed by atoms with Crippen molar-refractivity contribution in [2.45, 2.75) is 70.6 Å². The average molecular weight is 349 g/mol. The van der Waals surface area contributed by atoms with Gasteiger partial charge < -0.3 is 15.0 Å². The molecule has 0 aromatic carbocycles. The zero-order valence-electron chi connectivity index (χ0n) is 15.8. The van der Waals surface area contributed by atoms with Gasteiger partial charge in [-0.3, -0.25) is 9.36 Å². The van der Waals surface area contributed by atoms with Gasteiger partial charge in [-0.05, 0) is 46.7 Å². The molecule has 3 rings (SSSR count). The molecule has 7 nitrogen and oxygen atoms in total. The van der Waals surface area contributed by atoms with E-state index in [2.05, 4.69) is 27.5 Å². The summed E-state index contributed by atoms with van der Waals surface area (Å²) in [4.78, 5) is 15.3. The fraction of sp³-hybridized carbons (Fsp3) is 0.833. The number of fused-ring (bicyclic) bond motifs is 1. The third-order valence-electron chi connectivity index (χ3n) is 5.66. The van der Waals surface area contributed by atoms with Gasteiger partial charge >= 0.3 is 0 Å². The van der Waals surface area contributed by atoms with E-state index in [1.54, 1.807) is 0 Å². The second-order valence-corrected chi connectivity index (χ2v) is 7.65. The minimum Gasteiger partial charge on any atom is -0.370 e. The molecular formula is C18H31N5O2. The van der Waals surface area contributed by atoms with Crippen molar-refractivity contribution >= 4 is 5.91 Å². The summed E-state index contributed by atoms with van der Waals surface area (Å²) in [5, 5.41) is 11.3. The van der Waals surface area contributed by atoms with Crippen molar-refractivity contribution < 1.29 is 9.53 Å². The maximum atomic E-state index is 12.8. The van der Waals surface area contributed by atoms with Crippen LogP contribution in [-0.4, -0.2) is 58.4 Å². The first-order valence-corrected chi connectivity index (χ1v) is 9.50. The summed E-state index contributed by atoms with van der Waals surface area (Å²) in [7, 11) is 2.21. The largest absolute Gasteiger partial charge is 0.370 e. The molecule has 2 heterocycles. The number of amides is 1. The number of aryl methyl sites for hydroxylation is 1. The van der Waals surface area contributed by atoms with Crippen LogP contribution in [0.5, 0.6) is 0 Å². The summed E-state index contributed by atoms with van der Waals surface area (Å²) in [6.07, 6.45) is 7.67. The van der Waals surface area contributed by atoms with Crippen LogP contribution in [0.25, 0.3) is 0 Å². The zero-order chi connectivity index (χ0) is 17.9. The predicted molar refractivity (Wildman–Crippen MR) is 95.2 cm³/mol. The Morgan fingerprint density at radius 3 is 2.88 bits per heavy atom. The van der Waals surface area contributed by atoms with Crippen LogP contribution in [0.4, 0.5) is 0 Å². The SMILES string of the molecule is Cc1nnc2n1C(C)(C(=O)NCCCN(C)C1CCCCC1)COC2. The van der Waals surface area contributed by atoms with E-state index in [-0.39, 0.29) is 5.91 Å². The molecule has 0 bridgehead atoms. The molecule has 1 aromatic rings. The van der Waals surface area contributed by atoms with Crippen LogP contribution in [-0.2, 0) is 21.7 Å². The van der Waals surface area contributed by atoms with E-state index in [1.807, 2.05) is 18.4 Å². The van der Waals surface area contributed by atoms with Gasteiger partial charge in [-0.2, -0.15) is 0 Å². The van der Waals surface area contributed by atoms with Crippen LogP contribution >= 0.6 is 0 Å². The highest BCUT2D eigenvalue weighted by Crippen LogP contribution is 2.26. The van der Waals surface area contributed by atoms with Crippen LogP contribution < -0.4 is 5.32 Å². The van der Waals surface area contributed by atoms with Gasteiger partial charge in [0.2, 0.25) is 5.91 Å². The van der Waals surface area contributed by atoms with Gasteiger partial charge in [0, 0.05) is 12.6 Å². The summed E-state index contributed by atoms with van der Waals surface area (Å²) in [5.41, 5.74) is -0.767. The quantitative estimate of drug-likeness (QED) is 0.790. The minimum absolute atomic E-state index is 0.0170. The van der Waals surface area contributed by atoms with Crippen molar-refractivity contribution in [1.29, 1.82) is 0 Å². The molecule has 0 saturated heterocycles. The van der Waals surface area contributed by atoms with Gasteiger partial charge in [0.25, 0.3) is 0 Å². The minimum atomic E-state index is -0.767. The third-order valence-corrected chi connectivity index (χ3v) is 5.66. The lowest BCUT2D eigenvalue weighted by Crippen LogP contribution is -2.53. The van der Waals surface area contributed by atoms with Crippen molar-refractivity contribution in [3.63, 3.8) is 0 Å². The maximum Gasteiger partial charge on any atom is 0.248 e. The van der Waals surface area contributed by atoms with E-state index < -0.39 is 5.54 Å². The molecule has 7 heteroatoms. The molecule has 1 unspecified atom stereocenters. The standard InChI is InChI=1S/C18H31N5O2/c1-14-20-21-16-12-25-13-18(2,23(14)16)17(24)19-10-7-11-22(3)15-8-5-4-6-9-15/h15H,4-13H2,1-3H3,(H,19,24). The number of aromatic nitrogens is 3. The smallest absolute Gasteiger partial charge is 0.248 e. The molecule has 140 valence electrons. The molecule has 25 heavy (non-hydrogen) atoms. The number of rotatable bonds is 6. The van der Waals surface area contributed by atoms with Crippen molar-refractivity contribution in [2.24, 2.45) is 0 Å². The van der Waals surface area contributed by atoms with Crippen molar-refractivity contribution in [3.05, 3.63) is 11.6 Å². The Balaban J connectivity index is 1.49. The van der Waals surface area contributed by atoms with Gasteiger partial charge in [-0.25, -0.2) is 0 Å². The van der Waals surface area contributed by atoms with Crippen molar-refractivity contribution in [1.82, 2.24) is 25.0 Å². The molecule has 1 amide bonds. The summed E-state index contributed by atoms with van der Waals surface area (Å²) in [6.45, 7) is 6.25. The highest BCUT2D eigenvalue weighted by Gasteiger charge is 2.41. The molecule has 1 saturated carbocycles. The van der Waals surface area contributed by atoms with Gasteiger partial charge in [0.15, 0.2) is 5.82 Å². The summed E-state index contributed by atoms with van der Waals surface area (Å²) in [6, 6.07) is 0.718. The summed E-state index contributed by atoms with van der Waals surface area (Å²) >= 11 is 0. The zero-order valence-corrected chi connectivity index (χ0v) is 15.8. The van der Waals surface area contributed by atoms with Crippen LogP contribution in [0, 0.1) is 6.92 Å². The van der Waals surface area contributed by atoms with Crippen LogP contribution in [0.15, 0.2) is 0 Å². The lowest BCUT2D eigenvalue weighted by molar-refractivity contribution is -0.135. The summed E-state index contributed by atoms with van der Waals surface area (Å²) in [5.74, 6) is 1.46. The fourth-order valence-corrected chi connectivity index (χ4v) is 4.14. The Bertz CT molecular complexity index is 596. The molecule has 1 aliphatic heterocycles. The molecule has 1 atom stereocenters. The topological polar surface area (TPSA) is 72.3 Å². The Morgan fingerprint density at radius 1 is 1.36 bits per heavy atom. The van der Waals surface area contributed by atoms with Gasteiger partial charge in [-0.1, -0.05) is 19.3 Å². The second-order valence-electron chi connectivity index (χ2n) is 7.65. The molecule has 1 N–H and O–H groups in total. The number of hydrogen-bond acceptors (Lipinski definition) is 5. The Labute approximate surface area is 150 Å². The van der Waals surface area contributed by atoms with Crippen LogP contribution in [0.3, 0.4) is 0 Å². The number of carbonyl (C=O) groups is 1. The predicted octanol–water partition coefficient (Wildman–Crippen LogP) is 1.60. The monoisotopic (exact) mass is 349 g/mol. The third kappa shape index (κ3) is 3.87. The van der Waals surface area contributed by atoms with Crippen molar-refractivity contribution in [2.75, 3.05) is 26.7 Å². The van der Waals surface area contributed by atoms with Crippen molar-refractivity contribution in [3.8, 4) is 0 Å². The number of ether oxygens (including phenoxy) is 1. The Kier molecular flexibility index (Phi) is 5.74. The maximum absolute atomic E-state index is 12.8. The molecular weight excluding hydrogens is 318 g/mol. The highest BCUT2D eigenvalue weighted by molar-refractivity contribution is 5.84. The van der Waals surface area contributed by atoms with Crippen LogP contribution in [0.1, 0.15) is 57.1 Å². The Hall–Kier alpha value is -1.47. The first-order valence-electron chi connectivity index (χ1n) is 9.50. The summed E-state index contributed by atoms with van der Waals surface area (Å²) < 4.78 is 7.49. The van der Waals surface area contributed by atoms with Gasteiger partial charge in [0.1, 0.15) is 18.0 Å². The molecule has 1 aliphatic carbocycles. The van der Waals surface area contributed by atoms with E-state index in [0.717, 1.165) is 30.7 Å². The van der Waals surface area contributed by atoms with Gasteiger partial charge in [0.05, 0.1) is 6.61 Å². The number of nitrogens with zero attached hydrogens (tertiary/aromatic N) is 4. The molecule has 1 fully saturated rings. The number of nitrogens with one attached hydrogen (secondary N) is 1.